The molecule has 0 aliphatic rings. The highest BCUT2D eigenvalue weighted by Gasteiger charge is 2.17. The molecule has 1 N–H and O–H groups in total. The first-order chi connectivity index (χ1) is 11.9. The van der Waals surface area contributed by atoms with Crippen LogP contribution in [0.2, 0.25) is 0 Å². The van der Waals surface area contributed by atoms with E-state index in [-0.39, 0.29) is 17.2 Å². The predicted molar refractivity (Wildman–Crippen MR) is 86.7 cm³/mol. The van der Waals surface area contributed by atoms with Gasteiger partial charge in [0.05, 0.1) is 4.92 Å². The lowest BCUT2D eigenvalue weighted by Gasteiger charge is -2.08. The zero-order chi connectivity index (χ0) is 18.4. The highest BCUT2D eigenvalue weighted by molar-refractivity contribution is 7.34. The summed E-state index contributed by atoms with van der Waals surface area (Å²) >= 11 is 0. The summed E-state index contributed by atoms with van der Waals surface area (Å²) in [5, 5.41) is 19.4. The Labute approximate surface area is 143 Å². The third-order valence-corrected chi connectivity index (χ3v) is 3.81. The summed E-state index contributed by atoms with van der Waals surface area (Å²) in [7, 11) is -2.61. The number of benzene rings is 2. The number of hydrogen-bond acceptors (Lipinski definition) is 7. The van der Waals surface area contributed by atoms with Crippen LogP contribution in [0.1, 0.15) is 6.92 Å². The highest BCUT2D eigenvalue weighted by atomic mass is 31.1. The van der Waals surface area contributed by atoms with E-state index in [0.717, 1.165) is 0 Å². The van der Waals surface area contributed by atoms with Crippen LogP contribution in [-0.2, 0) is 4.79 Å². The Kier molecular flexibility index (Phi) is 5.99. The molecule has 0 bridgehead atoms. The van der Waals surface area contributed by atoms with Crippen LogP contribution >= 0.6 is 8.17 Å². The van der Waals surface area contributed by atoms with E-state index in [4.69, 9.17) is 14.4 Å². The van der Waals surface area contributed by atoms with Crippen LogP contribution in [0.4, 0.5) is 5.69 Å². The number of aliphatic carboxylic acids is 1. The molecule has 1 unspecified atom stereocenters. The van der Waals surface area contributed by atoms with Crippen LogP contribution < -0.4 is 14.2 Å². The maximum Gasteiger partial charge on any atom is 0.395 e. The van der Waals surface area contributed by atoms with Crippen LogP contribution in [-0.4, -0.2) is 22.0 Å². The maximum absolute atomic E-state index is 11.8. The average Bonchev–Trinajstić information content (AvgIpc) is 2.57. The fraction of sp³-hybridized carbons (Fsp3) is 0.133. The zero-order valence-electron chi connectivity index (χ0n) is 12.9. The molecule has 0 radical (unpaired) electrons. The van der Waals surface area contributed by atoms with Crippen molar-refractivity contribution in [3.63, 3.8) is 0 Å². The number of para-hydroxylation sites is 2. The lowest BCUT2D eigenvalue weighted by molar-refractivity contribution is -0.384. The largest absolute Gasteiger partial charge is 0.575 e. The van der Waals surface area contributed by atoms with E-state index in [1.807, 2.05) is 0 Å². The molecule has 25 heavy (non-hydrogen) atoms. The van der Waals surface area contributed by atoms with Gasteiger partial charge in [-0.1, -0.05) is 16.9 Å². The minimum atomic E-state index is -2.61. The summed E-state index contributed by atoms with van der Waals surface area (Å²) in [6.45, 7) is 1.28. The summed E-state index contributed by atoms with van der Waals surface area (Å²) in [6, 6.07) is 10.5. The molecule has 2 aromatic rings. The van der Waals surface area contributed by atoms with E-state index in [0.29, 0.717) is 5.75 Å². The number of non-ortho nitro benzene ring substituents is 1. The van der Waals surface area contributed by atoms with Crippen LogP contribution in [0.25, 0.3) is 0 Å². The second kappa shape index (κ2) is 8.18. The molecule has 130 valence electrons. The van der Waals surface area contributed by atoms with E-state index in [2.05, 4.69) is 4.74 Å². The summed E-state index contributed by atoms with van der Waals surface area (Å²) in [6.07, 6.45) is 0. The molecule has 0 saturated carbocycles. The number of rotatable bonds is 7. The monoisotopic (exact) mass is 364 g/mol. The lowest BCUT2D eigenvalue weighted by atomic mass is 10.3. The van der Waals surface area contributed by atoms with Gasteiger partial charge in [0, 0.05) is 12.1 Å². The van der Waals surface area contributed by atoms with Gasteiger partial charge in [0.2, 0.25) is 5.75 Å². The van der Waals surface area contributed by atoms with Gasteiger partial charge in [-0.15, -0.1) is 0 Å². The van der Waals surface area contributed by atoms with Gasteiger partial charge in [0.15, 0.2) is 11.8 Å². The van der Waals surface area contributed by atoms with Crippen molar-refractivity contribution in [2.75, 3.05) is 0 Å². The molecule has 2 aromatic carbocycles. The number of carbonyl (C=O) groups is 1. The van der Waals surface area contributed by atoms with E-state index < -0.39 is 25.1 Å². The van der Waals surface area contributed by atoms with E-state index in [1.54, 1.807) is 18.2 Å². The van der Waals surface area contributed by atoms with Gasteiger partial charge in [-0.3, -0.25) is 14.6 Å². The molecule has 0 heterocycles. The van der Waals surface area contributed by atoms with E-state index >= 15 is 0 Å². The molecule has 0 saturated heterocycles. The normalized spacial score (nSPS) is 12.3. The SMILES string of the molecule is C[C@H](N=[P+]([O-])Oc1ccccc1Oc1ccc([N+](=O)[O-])cc1)C(=O)O. The lowest BCUT2D eigenvalue weighted by Crippen LogP contribution is -2.13. The van der Waals surface area contributed by atoms with Gasteiger partial charge in [-0.25, -0.2) is 4.79 Å². The molecule has 0 aliphatic heterocycles. The summed E-state index contributed by atoms with van der Waals surface area (Å²) in [5.74, 6) is -0.601. The fourth-order valence-electron chi connectivity index (χ4n) is 1.67. The van der Waals surface area contributed by atoms with Crippen LogP contribution in [0.5, 0.6) is 17.2 Å². The second-order valence-electron chi connectivity index (χ2n) is 4.76. The number of ether oxygens (including phenoxy) is 1. The van der Waals surface area contributed by atoms with Gasteiger partial charge in [-0.2, -0.15) is 0 Å². The molecule has 2 rings (SSSR count). The third-order valence-electron chi connectivity index (χ3n) is 2.93. The molecular formula is C15H13N2O7P. The number of carboxylic acids is 1. The molecule has 9 nitrogen and oxygen atoms in total. The van der Waals surface area contributed by atoms with Crippen LogP contribution in [0.3, 0.4) is 0 Å². The fourth-order valence-corrected chi connectivity index (χ4v) is 2.42. The first-order valence-electron chi connectivity index (χ1n) is 6.97. The predicted octanol–water partition coefficient (Wildman–Crippen LogP) is 3.09. The van der Waals surface area contributed by atoms with Crippen molar-refractivity contribution >= 4 is 19.8 Å². The smallest absolute Gasteiger partial charge is 0.395 e. The first kappa shape index (κ1) is 18.3. The number of hydrogen-bond donors (Lipinski definition) is 1. The third kappa shape index (κ3) is 5.23. The Hall–Kier alpha value is -3.03. The summed E-state index contributed by atoms with van der Waals surface area (Å²) in [4.78, 5) is 32.6. The molecule has 10 heteroatoms. The minimum Gasteiger partial charge on any atom is -0.575 e. The molecule has 0 aliphatic carbocycles. The molecule has 0 amide bonds. The Morgan fingerprint density at radius 3 is 2.36 bits per heavy atom. The zero-order valence-corrected chi connectivity index (χ0v) is 13.8. The molecular weight excluding hydrogens is 351 g/mol. The Morgan fingerprint density at radius 2 is 1.80 bits per heavy atom. The van der Waals surface area contributed by atoms with Crippen LogP contribution in [0, 0.1) is 10.1 Å². The number of nitro groups is 1. The van der Waals surface area contributed by atoms with Crippen LogP contribution in [0.15, 0.2) is 53.3 Å². The molecule has 0 aromatic heterocycles. The van der Waals surface area contributed by atoms with Crippen molar-refractivity contribution in [3.8, 4) is 17.2 Å². The van der Waals surface area contributed by atoms with Gasteiger partial charge < -0.3 is 14.7 Å². The Bertz CT molecular complexity index is 808. The number of carboxylic acid groups (broad SMARTS) is 1. The van der Waals surface area contributed by atoms with Crippen molar-refractivity contribution in [2.45, 2.75) is 13.0 Å². The average molecular weight is 364 g/mol. The quantitative estimate of drug-likeness (QED) is 0.453. The first-order valence-corrected chi connectivity index (χ1v) is 8.10. The van der Waals surface area contributed by atoms with Gasteiger partial charge >= 0.3 is 14.1 Å². The Morgan fingerprint density at radius 1 is 1.20 bits per heavy atom. The van der Waals surface area contributed by atoms with Gasteiger partial charge in [0.1, 0.15) is 5.75 Å². The Balaban J connectivity index is 2.17. The molecule has 0 spiro atoms. The van der Waals surface area contributed by atoms with E-state index in [1.165, 1.54) is 37.3 Å². The molecule has 0 fully saturated rings. The standard InChI is InChI=1S/C15H13N2O7P/c1-10(15(18)19)16-25(22)24-14-5-3-2-4-13(14)23-12-8-6-11(7-9-12)17(20)21/h2-10H,1H3,(H,18,19)/t10-/m0/s1. The second-order valence-corrected chi connectivity index (χ2v) is 5.65. The topological polar surface area (TPSA) is 134 Å². The van der Waals surface area contributed by atoms with Crippen molar-refractivity contribution in [1.29, 1.82) is 0 Å². The number of nitro benzene ring substituents is 1. The number of nitrogens with zero attached hydrogens (tertiary/aromatic N) is 2. The van der Waals surface area contributed by atoms with Crippen molar-refractivity contribution in [1.82, 2.24) is 0 Å². The van der Waals surface area contributed by atoms with Crippen molar-refractivity contribution in [3.05, 3.63) is 58.6 Å². The molecule has 2 atom stereocenters. The van der Waals surface area contributed by atoms with Gasteiger partial charge in [-0.05, 0) is 31.2 Å². The highest BCUT2D eigenvalue weighted by Crippen LogP contribution is 2.36. The minimum absolute atomic E-state index is 0.0820. The van der Waals surface area contributed by atoms with Crippen molar-refractivity contribution in [2.24, 2.45) is 4.74 Å². The summed E-state index contributed by atoms with van der Waals surface area (Å²) < 4.78 is 14.2. The summed E-state index contributed by atoms with van der Waals surface area (Å²) in [5.41, 5.74) is -0.0820. The van der Waals surface area contributed by atoms with E-state index in [9.17, 15) is 19.8 Å². The van der Waals surface area contributed by atoms with Crippen molar-refractivity contribution < 1.29 is 29.0 Å². The maximum atomic E-state index is 11.8. The van der Waals surface area contributed by atoms with Gasteiger partial charge in [0.25, 0.3) is 5.69 Å².